The van der Waals surface area contributed by atoms with Gasteiger partial charge in [-0.1, -0.05) is 23.5 Å². The molecule has 1 saturated carbocycles. The summed E-state index contributed by atoms with van der Waals surface area (Å²) in [6.45, 7) is 1.15. The van der Waals surface area contributed by atoms with Gasteiger partial charge < -0.3 is 9.47 Å². The highest BCUT2D eigenvalue weighted by atomic mass is 32.2. The van der Waals surface area contributed by atoms with Gasteiger partial charge in [0.25, 0.3) is 5.91 Å². The number of nitrogens with one attached hydrogen (secondary N) is 1. The Morgan fingerprint density at radius 2 is 1.91 bits per heavy atom. The second-order valence-electron chi connectivity index (χ2n) is 7.86. The summed E-state index contributed by atoms with van der Waals surface area (Å²) in [6.07, 6.45) is 4.76. The lowest BCUT2D eigenvalue weighted by Crippen LogP contribution is -2.31. The first-order chi connectivity index (χ1) is 15.5. The van der Waals surface area contributed by atoms with Gasteiger partial charge in [0.15, 0.2) is 21.1 Å². The summed E-state index contributed by atoms with van der Waals surface area (Å²) in [4.78, 5) is 26.6. The summed E-state index contributed by atoms with van der Waals surface area (Å²) in [5, 5.41) is 2.94. The van der Waals surface area contributed by atoms with Crippen LogP contribution in [0, 0.1) is 0 Å². The van der Waals surface area contributed by atoms with Crippen LogP contribution in [0.5, 0.6) is 0 Å². The van der Waals surface area contributed by atoms with Crippen molar-refractivity contribution in [2.45, 2.75) is 48.0 Å². The topological polar surface area (TPSA) is 120 Å². The van der Waals surface area contributed by atoms with E-state index in [1.807, 2.05) is 0 Å². The lowest BCUT2D eigenvalue weighted by Gasteiger charge is -2.27. The van der Waals surface area contributed by atoms with E-state index in [0.29, 0.717) is 59.9 Å². The Labute approximate surface area is 189 Å². The van der Waals surface area contributed by atoms with Crippen molar-refractivity contribution >= 4 is 42.6 Å². The van der Waals surface area contributed by atoms with Crippen LogP contribution in [-0.2, 0) is 24.1 Å². The molecule has 3 aromatic rings. The molecule has 1 aliphatic heterocycles. The lowest BCUT2D eigenvalue weighted by atomic mass is 10.1. The molecule has 5 rings (SSSR count). The minimum absolute atomic E-state index is 0.129. The Hall–Kier alpha value is -2.47. The standard InChI is InChI=1S/C21H22N4O5S2/c26-19(25-21-24-17-11-22-12-23-20(17)31-21)18(30-14-7-9-29-10-8-14)13-1-3-15(4-2-13)32(27,28)16-5-6-16/h1-4,11-12,14,16,18H,5-10H2,(H,24,25,26). The van der Waals surface area contributed by atoms with Crippen LogP contribution < -0.4 is 5.32 Å². The highest BCUT2D eigenvalue weighted by molar-refractivity contribution is 7.92. The van der Waals surface area contributed by atoms with Gasteiger partial charge in [0.1, 0.15) is 16.7 Å². The fourth-order valence-corrected chi connectivity index (χ4v) is 6.05. The van der Waals surface area contributed by atoms with Crippen molar-refractivity contribution in [1.82, 2.24) is 15.0 Å². The molecule has 1 N–H and O–H groups in total. The first-order valence-corrected chi connectivity index (χ1v) is 12.8. The van der Waals surface area contributed by atoms with Gasteiger partial charge in [0, 0.05) is 13.2 Å². The minimum Gasteiger partial charge on any atom is -0.381 e. The predicted octanol–water partition coefficient (Wildman–Crippen LogP) is 2.90. The molecule has 11 heteroatoms. The second kappa shape index (κ2) is 8.81. The fraction of sp³-hybridized carbons (Fsp3) is 0.429. The highest BCUT2D eigenvalue weighted by Crippen LogP contribution is 2.34. The third-order valence-electron chi connectivity index (χ3n) is 5.51. The van der Waals surface area contributed by atoms with Gasteiger partial charge in [0.2, 0.25) is 0 Å². The normalized spacial score (nSPS) is 18.5. The monoisotopic (exact) mass is 474 g/mol. The molecule has 1 aromatic carbocycles. The SMILES string of the molecule is O=C(Nc1nc2cncnc2s1)C(OC1CCOCC1)c1ccc(S(=O)(=O)C2CC2)cc1. The zero-order chi connectivity index (χ0) is 22.1. The number of anilines is 1. The molecule has 32 heavy (non-hydrogen) atoms. The molecule has 168 valence electrons. The first-order valence-electron chi connectivity index (χ1n) is 10.5. The Kier molecular flexibility index (Phi) is 5.89. The molecule has 0 bridgehead atoms. The van der Waals surface area contributed by atoms with E-state index in [2.05, 4.69) is 20.3 Å². The molecule has 1 atom stereocenters. The number of carbonyl (C=O) groups is 1. The first kappa shape index (κ1) is 21.4. The average Bonchev–Trinajstić information content (AvgIpc) is 3.59. The van der Waals surface area contributed by atoms with E-state index in [1.165, 1.54) is 17.7 Å². The van der Waals surface area contributed by atoms with Crippen LogP contribution >= 0.6 is 11.3 Å². The molecule has 9 nitrogen and oxygen atoms in total. The highest BCUT2D eigenvalue weighted by Gasteiger charge is 2.37. The number of carbonyl (C=O) groups excluding carboxylic acids is 1. The Bertz CT molecular complexity index is 1190. The van der Waals surface area contributed by atoms with Crippen molar-refractivity contribution in [2.24, 2.45) is 0 Å². The summed E-state index contributed by atoms with van der Waals surface area (Å²) in [6, 6.07) is 6.43. The number of thiazole rings is 1. The van der Waals surface area contributed by atoms with E-state index in [-0.39, 0.29) is 22.2 Å². The van der Waals surface area contributed by atoms with E-state index in [4.69, 9.17) is 9.47 Å². The van der Waals surface area contributed by atoms with Crippen LogP contribution in [0.4, 0.5) is 5.13 Å². The zero-order valence-corrected chi connectivity index (χ0v) is 18.8. The minimum atomic E-state index is -3.30. The molecule has 1 amide bonds. The van der Waals surface area contributed by atoms with E-state index >= 15 is 0 Å². The van der Waals surface area contributed by atoms with Crippen molar-refractivity contribution in [2.75, 3.05) is 18.5 Å². The zero-order valence-electron chi connectivity index (χ0n) is 17.1. The summed E-state index contributed by atoms with van der Waals surface area (Å²) in [7, 11) is -3.30. The number of aromatic nitrogens is 3. The number of ether oxygens (including phenoxy) is 2. The van der Waals surface area contributed by atoms with E-state index in [9.17, 15) is 13.2 Å². The van der Waals surface area contributed by atoms with Gasteiger partial charge in [-0.15, -0.1) is 0 Å². The van der Waals surface area contributed by atoms with E-state index in [0.717, 1.165) is 0 Å². The second-order valence-corrected chi connectivity index (χ2v) is 11.1. The molecule has 1 aliphatic carbocycles. The Morgan fingerprint density at radius 3 is 2.59 bits per heavy atom. The number of sulfone groups is 1. The average molecular weight is 475 g/mol. The smallest absolute Gasteiger partial charge is 0.259 e. The number of hydrogen-bond acceptors (Lipinski definition) is 9. The molecule has 3 heterocycles. The summed E-state index contributed by atoms with van der Waals surface area (Å²) < 4.78 is 36.6. The van der Waals surface area contributed by atoms with Crippen molar-refractivity contribution in [3.63, 3.8) is 0 Å². The van der Waals surface area contributed by atoms with Gasteiger partial charge >= 0.3 is 0 Å². The van der Waals surface area contributed by atoms with Crippen LogP contribution in [0.15, 0.2) is 41.7 Å². The molecule has 0 radical (unpaired) electrons. The van der Waals surface area contributed by atoms with Crippen LogP contribution in [0.2, 0.25) is 0 Å². The lowest BCUT2D eigenvalue weighted by molar-refractivity contribution is -0.136. The molecule has 1 unspecified atom stereocenters. The van der Waals surface area contributed by atoms with Gasteiger partial charge in [0.05, 0.1) is 22.4 Å². The summed E-state index contributed by atoms with van der Waals surface area (Å²) >= 11 is 1.25. The van der Waals surface area contributed by atoms with Gasteiger partial charge in [-0.2, -0.15) is 0 Å². The van der Waals surface area contributed by atoms with E-state index in [1.54, 1.807) is 30.5 Å². The third-order valence-corrected chi connectivity index (χ3v) is 8.69. The molecule has 2 aromatic heterocycles. The van der Waals surface area contributed by atoms with Crippen molar-refractivity contribution in [3.8, 4) is 0 Å². The maximum Gasteiger partial charge on any atom is 0.259 e. The molecule has 2 aliphatic rings. The quantitative estimate of drug-likeness (QED) is 0.555. The van der Waals surface area contributed by atoms with Crippen LogP contribution in [0.3, 0.4) is 0 Å². The van der Waals surface area contributed by atoms with Crippen molar-refractivity contribution in [1.29, 1.82) is 0 Å². The fourth-order valence-electron chi connectivity index (χ4n) is 3.61. The van der Waals surface area contributed by atoms with Crippen LogP contribution in [0.1, 0.15) is 37.4 Å². The van der Waals surface area contributed by atoms with E-state index < -0.39 is 15.9 Å². The number of benzene rings is 1. The van der Waals surface area contributed by atoms with Gasteiger partial charge in [-0.05, 0) is 43.4 Å². The predicted molar refractivity (Wildman–Crippen MR) is 118 cm³/mol. The summed E-state index contributed by atoms with van der Waals surface area (Å²) in [5.74, 6) is -0.374. The molecular formula is C21H22N4O5S2. The largest absolute Gasteiger partial charge is 0.381 e. The molecule has 2 fully saturated rings. The third kappa shape index (κ3) is 4.51. The van der Waals surface area contributed by atoms with Crippen molar-refractivity contribution < 1.29 is 22.7 Å². The van der Waals surface area contributed by atoms with Crippen LogP contribution in [0.25, 0.3) is 10.3 Å². The number of hydrogen-bond donors (Lipinski definition) is 1. The molecular weight excluding hydrogens is 452 g/mol. The van der Waals surface area contributed by atoms with Gasteiger partial charge in [-0.25, -0.2) is 23.4 Å². The maximum absolute atomic E-state index is 13.2. The van der Waals surface area contributed by atoms with Crippen LogP contribution in [-0.4, -0.2) is 53.8 Å². The number of rotatable bonds is 7. The van der Waals surface area contributed by atoms with Gasteiger partial charge in [-0.3, -0.25) is 10.1 Å². The number of amides is 1. The maximum atomic E-state index is 13.2. The van der Waals surface area contributed by atoms with Crippen molar-refractivity contribution in [3.05, 3.63) is 42.4 Å². The number of nitrogens with zero attached hydrogens (tertiary/aromatic N) is 3. The Morgan fingerprint density at radius 1 is 1.16 bits per heavy atom. The Balaban J connectivity index is 1.39. The molecule has 1 saturated heterocycles. The molecule has 0 spiro atoms. The number of fused-ring (bicyclic) bond motifs is 1. The summed E-state index contributed by atoms with van der Waals surface area (Å²) in [5.41, 5.74) is 1.19.